The highest BCUT2D eigenvalue weighted by atomic mass is 16.5. The first-order chi connectivity index (χ1) is 13.5. The maximum absolute atomic E-state index is 11.5. The van der Waals surface area contributed by atoms with E-state index in [4.69, 9.17) is 14.2 Å². The zero-order valence-corrected chi connectivity index (χ0v) is 16.3. The van der Waals surface area contributed by atoms with Crippen molar-refractivity contribution in [2.24, 2.45) is 0 Å². The van der Waals surface area contributed by atoms with Crippen LogP contribution in [0.25, 0.3) is 0 Å². The Morgan fingerprint density at radius 3 is 2.21 bits per heavy atom. The first-order valence-electron chi connectivity index (χ1n) is 9.17. The fourth-order valence-corrected chi connectivity index (χ4v) is 2.18. The van der Waals surface area contributed by atoms with Gasteiger partial charge in [0.05, 0.1) is 0 Å². The number of nitrogens with zero attached hydrogens (tertiary/aromatic N) is 1. The summed E-state index contributed by atoms with van der Waals surface area (Å²) in [7, 11) is 3.37. The molecule has 28 heavy (non-hydrogen) atoms. The molecular weight excluding hydrogens is 360 g/mol. The minimum atomic E-state index is -0.596. The topological polar surface area (TPSA) is 80.3 Å². The van der Waals surface area contributed by atoms with Gasteiger partial charge in [0.1, 0.15) is 36.6 Å². The van der Waals surface area contributed by atoms with Gasteiger partial charge in [-0.2, -0.15) is 0 Å². The molecule has 0 radical (unpaired) electrons. The Labute approximate surface area is 165 Å². The van der Waals surface area contributed by atoms with Gasteiger partial charge in [0, 0.05) is 27.2 Å². The fourth-order valence-electron chi connectivity index (χ4n) is 2.18. The molecule has 0 heterocycles. The molecule has 0 bridgehead atoms. The Hall–Kier alpha value is -2.77. The molecule has 1 amide bonds. The van der Waals surface area contributed by atoms with E-state index in [-0.39, 0.29) is 19.1 Å². The smallest absolute Gasteiger partial charge is 0.259 e. The summed E-state index contributed by atoms with van der Waals surface area (Å²) in [6.07, 6.45) is -0.596. The average Bonchev–Trinajstić information content (AvgIpc) is 2.71. The maximum Gasteiger partial charge on any atom is 0.259 e. The number of likely N-dealkylation sites (N-methyl/N-ethyl adjacent to an activating group) is 1. The highest BCUT2D eigenvalue weighted by Crippen LogP contribution is 2.17. The largest absolute Gasteiger partial charge is 0.492 e. The van der Waals surface area contributed by atoms with Gasteiger partial charge >= 0.3 is 0 Å². The van der Waals surface area contributed by atoms with Crippen LogP contribution in [0.4, 0.5) is 0 Å². The van der Waals surface area contributed by atoms with E-state index in [2.05, 4.69) is 5.32 Å². The molecule has 7 nitrogen and oxygen atoms in total. The third-order valence-corrected chi connectivity index (χ3v) is 3.80. The zero-order valence-electron chi connectivity index (χ0n) is 16.3. The van der Waals surface area contributed by atoms with E-state index in [0.29, 0.717) is 31.2 Å². The number of aliphatic hydroxyl groups is 1. The predicted molar refractivity (Wildman–Crippen MR) is 107 cm³/mol. The molecule has 0 aromatic heterocycles. The first kappa shape index (κ1) is 21.5. The molecule has 1 atom stereocenters. The molecule has 0 fully saturated rings. The van der Waals surface area contributed by atoms with E-state index >= 15 is 0 Å². The van der Waals surface area contributed by atoms with Crippen LogP contribution in [0.2, 0.25) is 0 Å². The second-order valence-corrected chi connectivity index (χ2v) is 6.38. The highest BCUT2D eigenvalue weighted by Gasteiger charge is 2.06. The fraction of sp³-hybridized carbons (Fsp3) is 0.381. The maximum atomic E-state index is 11.5. The molecule has 0 saturated heterocycles. The van der Waals surface area contributed by atoms with Crippen molar-refractivity contribution in [3.8, 4) is 17.2 Å². The molecule has 2 aromatic carbocycles. The number of ether oxygens (including phenoxy) is 3. The average molecular weight is 388 g/mol. The number of hydrogen-bond acceptors (Lipinski definition) is 6. The molecule has 0 saturated carbocycles. The van der Waals surface area contributed by atoms with Crippen molar-refractivity contribution in [1.82, 2.24) is 10.2 Å². The van der Waals surface area contributed by atoms with Crippen molar-refractivity contribution in [1.29, 1.82) is 0 Å². The van der Waals surface area contributed by atoms with Crippen molar-refractivity contribution in [3.05, 3.63) is 54.6 Å². The molecular formula is C21H28N2O5. The van der Waals surface area contributed by atoms with Gasteiger partial charge in [-0.1, -0.05) is 18.2 Å². The summed E-state index contributed by atoms with van der Waals surface area (Å²) in [5.74, 6) is 1.97. The summed E-state index contributed by atoms with van der Waals surface area (Å²) in [6, 6.07) is 16.5. The third kappa shape index (κ3) is 8.28. The summed E-state index contributed by atoms with van der Waals surface area (Å²) in [5, 5.41) is 13.0. The number of nitrogens with one attached hydrogen (secondary N) is 1. The van der Waals surface area contributed by atoms with Crippen molar-refractivity contribution < 1.29 is 24.1 Å². The summed E-state index contributed by atoms with van der Waals surface area (Å²) in [5.41, 5.74) is 0. The highest BCUT2D eigenvalue weighted by molar-refractivity contribution is 5.77. The van der Waals surface area contributed by atoms with Gasteiger partial charge in [-0.15, -0.1) is 0 Å². The van der Waals surface area contributed by atoms with Crippen LogP contribution in [0.3, 0.4) is 0 Å². The summed E-state index contributed by atoms with van der Waals surface area (Å²) < 4.78 is 16.5. The van der Waals surface area contributed by atoms with Crippen LogP contribution < -0.4 is 19.5 Å². The van der Waals surface area contributed by atoms with Crippen LogP contribution in [0.15, 0.2) is 54.6 Å². The monoisotopic (exact) mass is 388 g/mol. The lowest BCUT2D eigenvalue weighted by Crippen LogP contribution is -2.33. The van der Waals surface area contributed by atoms with E-state index in [1.165, 1.54) is 4.90 Å². The van der Waals surface area contributed by atoms with Gasteiger partial charge in [0.2, 0.25) is 0 Å². The SMILES string of the molecule is CN(C)C(=O)COc1ccc(OCCNCC(O)COc2ccccc2)cc1. The van der Waals surface area contributed by atoms with E-state index in [9.17, 15) is 9.90 Å². The number of para-hydroxylation sites is 1. The molecule has 0 aliphatic heterocycles. The number of aliphatic hydroxyl groups excluding tert-OH is 1. The lowest BCUT2D eigenvalue weighted by Gasteiger charge is -2.14. The Morgan fingerprint density at radius 1 is 0.964 bits per heavy atom. The Kier molecular flexibility index (Phi) is 9.10. The molecule has 152 valence electrons. The molecule has 0 spiro atoms. The van der Waals surface area contributed by atoms with Crippen LogP contribution in [0.1, 0.15) is 0 Å². The van der Waals surface area contributed by atoms with E-state index in [0.717, 1.165) is 5.75 Å². The quantitative estimate of drug-likeness (QED) is 0.537. The molecule has 0 aliphatic carbocycles. The molecule has 2 N–H and O–H groups in total. The van der Waals surface area contributed by atoms with Crippen LogP contribution >= 0.6 is 0 Å². The first-order valence-corrected chi connectivity index (χ1v) is 9.17. The number of benzene rings is 2. The normalized spacial score (nSPS) is 11.5. The van der Waals surface area contributed by atoms with E-state index < -0.39 is 6.10 Å². The minimum absolute atomic E-state index is 0.00738. The number of carbonyl (C=O) groups is 1. The second-order valence-electron chi connectivity index (χ2n) is 6.38. The lowest BCUT2D eigenvalue weighted by atomic mass is 10.3. The van der Waals surface area contributed by atoms with Crippen molar-refractivity contribution >= 4 is 5.91 Å². The van der Waals surface area contributed by atoms with E-state index in [1.807, 2.05) is 30.3 Å². The Morgan fingerprint density at radius 2 is 1.57 bits per heavy atom. The van der Waals surface area contributed by atoms with Crippen LogP contribution in [-0.2, 0) is 4.79 Å². The summed E-state index contributed by atoms with van der Waals surface area (Å²) >= 11 is 0. The lowest BCUT2D eigenvalue weighted by molar-refractivity contribution is -0.130. The number of hydrogen-bond donors (Lipinski definition) is 2. The van der Waals surface area contributed by atoms with Crippen LogP contribution in [0.5, 0.6) is 17.2 Å². The van der Waals surface area contributed by atoms with Gasteiger partial charge in [0.25, 0.3) is 5.91 Å². The third-order valence-electron chi connectivity index (χ3n) is 3.80. The predicted octanol–water partition coefficient (Wildman–Crippen LogP) is 1.56. The Balaban J connectivity index is 1.56. The van der Waals surface area contributed by atoms with Gasteiger partial charge in [0.15, 0.2) is 6.61 Å². The minimum Gasteiger partial charge on any atom is -0.492 e. The van der Waals surface area contributed by atoms with Gasteiger partial charge in [-0.3, -0.25) is 4.79 Å². The van der Waals surface area contributed by atoms with Gasteiger partial charge in [-0.25, -0.2) is 0 Å². The van der Waals surface area contributed by atoms with Crippen molar-refractivity contribution in [2.45, 2.75) is 6.10 Å². The molecule has 2 aromatic rings. The number of rotatable bonds is 12. The second kappa shape index (κ2) is 11.8. The number of amides is 1. The molecule has 1 unspecified atom stereocenters. The van der Waals surface area contributed by atoms with Gasteiger partial charge < -0.3 is 29.5 Å². The summed E-state index contributed by atoms with van der Waals surface area (Å²) in [6.45, 7) is 1.72. The standard InChI is InChI=1S/C21H28N2O5/c1-23(2)21(25)16-28-20-10-8-19(9-11-20)26-13-12-22-14-17(24)15-27-18-6-4-3-5-7-18/h3-11,17,22,24H,12-16H2,1-2H3. The molecule has 7 heteroatoms. The van der Waals surface area contributed by atoms with Crippen molar-refractivity contribution in [3.63, 3.8) is 0 Å². The molecule has 0 aliphatic rings. The number of carbonyl (C=O) groups excluding carboxylic acids is 1. The van der Waals surface area contributed by atoms with Crippen molar-refractivity contribution in [2.75, 3.05) is 47.0 Å². The Bertz CT molecular complexity index is 692. The zero-order chi connectivity index (χ0) is 20.2. The van der Waals surface area contributed by atoms with Crippen LogP contribution in [-0.4, -0.2) is 69.0 Å². The molecule has 2 rings (SSSR count). The van der Waals surface area contributed by atoms with E-state index in [1.54, 1.807) is 38.4 Å². The summed E-state index contributed by atoms with van der Waals surface area (Å²) in [4.78, 5) is 13.0. The van der Waals surface area contributed by atoms with Gasteiger partial charge in [-0.05, 0) is 36.4 Å². The van der Waals surface area contributed by atoms with Crippen LogP contribution in [0, 0.1) is 0 Å².